The van der Waals surface area contributed by atoms with Crippen molar-refractivity contribution >= 4 is 0 Å². The highest BCUT2D eigenvalue weighted by atomic mass is 16.5. The van der Waals surface area contributed by atoms with E-state index in [1.165, 1.54) is 12.8 Å². The molecule has 1 N–H and O–H groups in total. The van der Waals surface area contributed by atoms with Gasteiger partial charge in [0.05, 0.1) is 6.26 Å². The van der Waals surface area contributed by atoms with Crippen LogP contribution in [0.15, 0.2) is 22.8 Å². The van der Waals surface area contributed by atoms with E-state index in [0.29, 0.717) is 6.04 Å². The minimum atomic E-state index is 0.179. The number of hydrogen-bond donors (Lipinski definition) is 1. The van der Waals surface area contributed by atoms with Gasteiger partial charge in [0.25, 0.3) is 0 Å². The molecule has 0 saturated carbocycles. The number of ether oxygens (including phenoxy) is 1. The molecule has 1 atom stereocenters. The van der Waals surface area contributed by atoms with E-state index >= 15 is 0 Å². The van der Waals surface area contributed by atoms with Crippen LogP contribution in [0.1, 0.15) is 31.4 Å². The smallest absolute Gasteiger partial charge is 0.111 e. The van der Waals surface area contributed by atoms with Crippen LogP contribution in [0.5, 0.6) is 0 Å². The summed E-state index contributed by atoms with van der Waals surface area (Å²) in [4.78, 5) is 0. The fourth-order valence-corrected chi connectivity index (χ4v) is 3.22. The van der Waals surface area contributed by atoms with E-state index < -0.39 is 0 Å². The number of rotatable bonds is 2. The maximum absolute atomic E-state index is 5.69. The standard InChI is InChI=1S/C13H19NO2/c1-3-11(14-7-1)13(5-9-15-10-6-13)12-4-2-8-16-12/h2,4,8,11,14H,1,3,5-7,9-10H2. The van der Waals surface area contributed by atoms with Crippen LogP contribution in [0, 0.1) is 0 Å². The normalized spacial score (nSPS) is 29.4. The Bertz CT molecular complexity index is 322. The molecule has 0 amide bonds. The molecule has 3 nitrogen and oxygen atoms in total. The van der Waals surface area contributed by atoms with Crippen LogP contribution < -0.4 is 5.32 Å². The average molecular weight is 221 g/mol. The monoisotopic (exact) mass is 221 g/mol. The minimum absolute atomic E-state index is 0.179. The molecule has 2 saturated heterocycles. The molecule has 0 aliphatic carbocycles. The maximum atomic E-state index is 5.69. The average Bonchev–Trinajstić information content (AvgIpc) is 3.04. The van der Waals surface area contributed by atoms with Gasteiger partial charge in [-0.05, 0) is 44.4 Å². The van der Waals surface area contributed by atoms with Crippen LogP contribution in [0.4, 0.5) is 0 Å². The molecule has 88 valence electrons. The number of nitrogens with one attached hydrogen (secondary N) is 1. The summed E-state index contributed by atoms with van der Waals surface area (Å²) < 4.78 is 11.2. The Hall–Kier alpha value is -0.800. The molecule has 2 aliphatic rings. The Morgan fingerprint density at radius 2 is 2.19 bits per heavy atom. The molecule has 1 unspecified atom stereocenters. The fraction of sp³-hybridized carbons (Fsp3) is 0.692. The van der Waals surface area contributed by atoms with Crippen molar-refractivity contribution in [2.24, 2.45) is 0 Å². The minimum Gasteiger partial charge on any atom is -0.469 e. The van der Waals surface area contributed by atoms with Gasteiger partial charge in [0.2, 0.25) is 0 Å². The maximum Gasteiger partial charge on any atom is 0.111 e. The van der Waals surface area contributed by atoms with Crippen molar-refractivity contribution in [1.82, 2.24) is 5.32 Å². The molecule has 2 aliphatic heterocycles. The second-order valence-electron chi connectivity index (χ2n) is 4.89. The third-order valence-corrected chi connectivity index (χ3v) is 4.12. The van der Waals surface area contributed by atoms with Crippen molar-refractivity contribution in [3.63, 3.8) is 0 Å². The van der Waals surface area contributed by atoms with E-state index in [9.17, 15) is 0 Å². The van der Waals surface area contributed by atoms with Crippen LogP contribution in [-0.4, -0.2) is 25.8 Å². The predicted octanol–water partition coefficient (Wildman–Crippen LogP) is 2.08. The summed E-state index contributed by atoms with van der Waals surface area (Å²) in [5, 5.41) is 3.64. The highest BCUT2D eigenvalue weighted by Crippen LogP contribution is 2.41. The summed E-state index contributed by atoms with van der Waals surface area (Å²) in [6.45, 7) is 2.87. The van der Waals surface area contributed by atoms with Crippen molar-refractivity contribution in [1.29, 1.82) is 0 Å². The summed E-state index contributed by atoms with van der Waals surface area (Å²) in [5.41, 5.74) is 0.179. The third-order valence-electron chi connectivity index (χ3n) is 4.12. The van der Waals surface area contributed by atoms with E-state index in [4.69, 9.17) is 9.15 Å². The topological polar surface area (TPSA) is 34.4 Å². The fourth-order valence-electron chi connectivity index (χ4n) is 3.22. The van der Waals surface area contributed by atoms with Crippen LogP contribution >= 0.6 is 0 Å². The zero-order valence-corrected chi connectivity index (χ0v) is 9.58. The van der Waals surface area contributed by atoms with Crippen LogP contribution in [0.2, 0.25) is 0 Å². The van der Waals surface area contributed by atoms with Gasteiger partial charge in [0.15, 0.2) is 0 Å². The zero-order chi connectivity index (χ0) is 10.8. The first kappa shape index (κ1) is 10.4. The molecule has 0 spiro atoms. The van der Waals surface area contributed by atoms with Crippen molar-refractivity contribution in [3.05, 3.63) is 24.2 Å². The lowest BCUT2D eigenvalue weighted by atomic mass is 9.71. The quantitative estimate of drug-likeness (QED) is 0.830. The SMILES string of the molecule is c1coc(C2(C3CCCN3)CCOCC2)c1. The van der Waals surface area contributed by atoms with Gasteiger partial charge in [-0.15, -0.1) is 0 Å². The van der Waals surface area contributed by atoms with Gasteiger partial charge in [0.1, 0.15) is 5.76 Å². The van der Waals surface area contributed by atoms with Gasteiger partial charge in [0, 0.05) is 24.7 Å². The first-order valence-electron chi connectivity index (χ1n) is 6.27. The van der Waals surface area contributed by atoms with Crippen molar-refractivity contribution in [2.45, 2.75) is 37.1 Å². The van der Waals surface area contributed by atoms with Crippen LogP contribution in [0.25, 0.3) is 0 Å². The molecule has 3 heteroatoms. The van der Waals surface area contributed by atoms with Gasteiger partial charge in [-0.25, -0.2) is 0 Å². The third kappa shape index (κ3) is 1.59. The largest absolute Gasteiger partial charge is 0.469 e. The lowest BCUT2D eigenvalue weighted by Gasteiger charge is -2.40. The van der Waals surface area contributed by atoms with Gasteiger partial charge >= 0.3 is 0 Å². The summed E-state index contributed by atoms with van der Waals surface area (Å²) in [6.07, 6.45) is 6.51. The predicted molar refractivity (Wildman–Crippen MR) is 61.5 cm³/mol. The molecular formula is C13H19NO2. The summed E-state index contributed by atoms with van der Waals surface area (Å²) >= 11 is 0. The van der Waals surface area contributed by atoms with Gasteiger partial charge in [-0.1, -0.05) is 0 Å². The number of furan rings is 1. The van der Waals surface area contributed by atoms with Crippen LogP contribution in [-0.2, 0) is 10.2 Å². The summed E-state index contributed by atoms with van der Waals surface area (Å²) in [5.74, 6) is 1.15. The van der Waals surface area contributed by atoms with Crippen molar-refractivity contribution < 1.29 is 9.15 Å². The molecule has 16 heavy (non-hydrogen) atoms. The van der Waals surface area contributed by atoms with E-state index in [0.717, 1.165) is 38.4 Å². The Kier molecular flexibility index (Phi) is 2.74. The highest BCUT2D eigenvalue weighted by molar-refractivity contribution is 5.20. The van der Waals surface area contributed by atoms with E-state index in [1.807, 2.05) is 6.07 Å². The second kappa shape index (κ2) is 4.22. The van der Waals surface area contributed by atoms with Crippen LogP contribution in [0.3, 0.4) is 0 Å². The Balaban J connectivity index is 1.92. The molecule has 1 aromatic rings. The lowest BCUT2D eigenvalue weighted by molar-refractivity contribution is 0.0283. The van der Waals surface area contributed by atoms with Gasteiger partial charge in [-0.3, -0.25) is 0 Å². The van der Waals surface area contributed by atoms with Crippen molar-refractivity contribution in [2.75, 3.05) is 19.8 Å². The number of hydrogen-bond acceptors (Lipinski definition) is 3. The molecule has 1 aromatic heterocycles. The van der Waals surface area contributed by atoms with E-state index in [1.54, 1.807) is 6.26 Å². The Morgan fingerprint density at radius 3 is 2.81 bits per heavy atom. The summed E-state index contributed by atoms with van der Waals surface area (Å²) in [6, 6.07) is 4.70. The molecule has 3 rings (SSSR count). The van der Waals surface area contributed by atoms with Gasteiger partial charge in [-0.2, -0.15) is 0 Å². The summed E-state index contributed by atoms with van der Waals surface area (Å²) in [7, 11) is 0. The Labute approximate surface area is 96.2 Å². The molecule has 0 aromatic carbocycles. The lowest BCUT2D eigenvalue weighted by Crippen LogP contribution is -2.48. The zero-order valence-electron chi connectivity index (χ0n) is 9.58. The second-order valence-corrected chi connectivity index (χ2v) is 4.89. The molecule has 3 heterocycles. The first-order chi connectivity index (χ1) is 7.92. The first-order valence-corrected chi connectivity index (χ1v) is 6.27. The molecule has 2 fully saturated rings. The molecule has 0 bridgehead atoms. The molecular weight excluding hydrogens is 202 g/mol. The van der Waals surface area contributed by atoms with E-state index in [-0.39, 0.29) is 5.41 Å². The van der Waals surface area contributed by atoms with Crippen molar-refractivity contribution in [3.8, 4) is 0 Å². The Morgan fingerprint density at radius 1 is 1.31 bits per heavy atom. The highest BCUT2D eigenvalue weighted by Gasteiger charge is 2.44. The van der Waals surface area contributed by atoms with E-state index in [2.05, 4.69) is 11.4 Å². The molecule has 0 radical (unpaired) electrons. The van der Waals surface area contributed by atoms with Gasteiger partial charge < -0.3 is 14.5 Å².